The van der Waals surface area contributed by atoms with E-state index >= 15 is 0 Å². The molecular weight excluding hydrogens is 841 g/mol. The normalized spacial score (nSPS) is 12.0. The molecule has 0 N–H and O–H groups in total. The van der Waals surface area contributed by atoms with Crippen LogP contribution >= 0.6 is 0 Å². The van der Waals surface area contributed by atoms with Gasteiger partial charge in [0.05, 0.1) is 0 Å². The van der Waals surface area contributed by atoms with E-state index in [1.54, 1.807) is 0 Å². The van der Waals surface area contributed by atoms with E-state index in [9.17, 15) is 0 Å². The second kappa shape index (κ2) is 15.2. The van der Waals surface area contributed by atoms with Crippen molar-refractivity contribution in [2.24, 2.45) is 0 Å². The Morgan fingerprint density at radius 2 is 0.386 bits per heavy atom. The van der Waals surface area contributed by atoms with Crippen LogP contribution in [0.1, 0.15) is 0 Å². The van der Waals surface area contributed by atoms with E-state index < -0.39 is 0 Å². The van der Waals surface area contributed by atoms with Crippen molar-refractivity contribution in [2.75, 3.05) is 0 Å². The molecule has 15 rings (SSSR count). The smallest absolute Gasteiger partial charge is 0.00262 e. The van der Waals surface area contributed by atoms with E-state index in [1.165, 1.54) is 152 Å². The minimum Gasteiger partial charge on any atom is -0.0616 e. The molecule has 0 spiro atoms. The molecule has 0 saturated heterocycles. The summed E-state index contributed by atoms with van der Waals surface area (Å²) in [6.07, 6.45) is 0. The fraction of sp³-hybridized carbons (Fsp3) is 0. The van der Waals surface area contributed by atoms with Crippen LogP contribution in [0.5, 0.6) is 0 Å². The number of benzene rings is 15. The van der Waals surface area contributed by atoms with Crippen LogP contribution < -0.4 is 0 Å². The molecule has 0 aromatic heterocycles. The van der Waals surface area contributed by atoms with Crippen molar-refractivity contribution >= 4 is 108 Å². The third-order valence-electron chi connectivity index (χ3n) is 15.3. The highest BCUT2D eigenvalue weighted by molar-refractivity contribution is 6.24. The molecule has 70 heavy (non-hydrogen) atoms. The summed E-state index contributed by atoms with van der Waals surface area (Å²) in [4.78, 5) is 0. The number of fused-ring (bicyclic) bond motifs is 12. The molecular formula is C70H42. The lowest BCUT2D eigenvalue weighted by Crippen LogP contribution is -1.92. The number of rotatable bonds is 4. The largest absolute Gasteiger partial charge is 0.0616 e. The molecule has 15 aromatic rings. The minimum atomic E-state index is 1.21. The van der Waals surface area contributed by atoms with E-state index in [2.05, 4.69) is 255 Å². The van der Waals surface area contributed by atoms with Gasteiger partial charge in [-0.15, -0.1) is 0 Å². The Morgan fingerprint density at radius 3 is 0.729 bits per heavy atom. The SMILES string of the molecule is c1ccc2c(c1)ccc1cc3cc(-c4c5ccccc5c(-c5ccc(-c6c7ccccc7c(-c7ccc8cc9c(ccc%10ccccc%109)cc8c7)c7ccccc67)cc5)c5ccccc45)ccc3cc12. The van der Waals surface area contributed by atoms with Gasteiger partial charge in [0.25, 0.3) is 0 Å². The van der Waals surface area contributed by atoms with Crippen LogP contribution in [-0.2, 0) is 0 Å². The summed E-state index contributed by atoms with van der Waals surface area (Å²) in [6, 6.07) is 95.4. The van der Waals surface area contributed by atoms with E-state index in [0.29, 0.717) is 0 Å². The lowest BCUT2D eigenvalue weighted by Gasteiger charge is -2.19. The van der Waals surface area contributed by atoms with Gasteiger partial charge in [-0.1, -0.05) is 218 Å². The molecule has 0 heteroatoms. The average molecular weight is 883 g/mol. The first-order chi connectivity index (χ1) is 34.7. The molecule has 0 aliphatic heterocycles. The Bertz CT molecular complexity index is 4270. The minimum absolute atomic E-state index is 1.21. The van der Waals surface area contributed by atoms with Crippen LogP contribution in [0, 0.1) is 0 Å². The molecule has 0 amide bonds. The first-order valence-electron chi connectivity index (χ1n) is 24.4. The summed E-state index contributed by atoms with van der Waals surface area (Å²) in [5.74, 6) is 0. The van der Waals surface area contributed by atoms with Crippen LogP contribution in [0.4, 0.5) is 0 Å². The zero-order valence-corrected chi connectivity index (χ0v) is 38.2. The molecule has 0 aliphatic carbocycles. The standard InChI is InChI=1S/C70H42/c1-3-15-55-43(13-1)25-33-49-37-53-39-51(35-31-47(53)41-65(49)55)69-61-21-9-5-17-57(61)67(58-18-6-10-22-62(58)69)45-27-29-46(30-28-45)68-59-19-7-11-23-63(59)70(64-24-12-8-20-60(64)68)52-36-32-48-42-66-50(38-54(48)40-52)34-26-44-14-2-4-16-56(44)66/h1-42H. The fourth-order valence-electron chi connectivity index (χ4n) is 12.1. The average Bonchev–Trinajstić information content (AvgIpc) is 3.42. The number of hydrogen-bond acceptors (Lipinski definition) is 0. The third-order valence-corrected chi connectivity index (χ3v) is 15.3. The Morgan fingerprint density at radius 1 is 0.129 bits per heavy atom. The Balaban J connectivity index is 0.868. The molecule has 0 nitrogen and oxygen atoms in total. The van der Waals surface area contributed by atoms with Gasteiger partial charge in [-0.05, 0) is 189 Å². The maximum atomic E-state index is 2.40. The van der Waals surface area contributed by atoms with Gasteiger partial charge in [-0.25, -0.2) is 0 Å². The predicted octanol–water partition coefficient (Wildman–Crippen LogP) is 19.9. The van der Waals surface area contributed by atoms with Gasteiger partial charge in [0, 0.05) is 0 Å². The van der Waals surface area contributed by atoms with Crippen molar-refractivity contribution in [3.8, 4) is 44.5 Å². The fourth-order valence-corrected chi connectivity index (χ4v) is 12.1. The lowest BCUT2D eigenvalue weighted by molar-refractivity contribution is 1.64. The number of hydrogen-bond donors (Lipinski definition) is 0. The van der Waals surface area contributed by atoms with Crippen LogP contribution in [0.3, 0.4) is 0 Å². The highest BCUT2D eigenvalue weighted by atomic mass is 14.2. The highest BCUT2D eigenvalue weighted by Gasteiger charge is 2.20. The van der Waals surface area contributed by atoms with Gasteiger partial charge in [0.1, 0.15) is 0 Å². The predicted molar refractivity (Wildman–Crippen MR) is 303 cm³/mol. The Labute approximate surface area is 404 Å². The molecule has 0 aliphatic rings. The van der Waals surface area contributed by atoms with E-state index in [4.69, 9.17) is 0 Å². The van der Waals surface area contributed by atoms with Crippen molar-refractivity contribution < 1.29 is 0 Å². The molecule has 0 atom stereocenters. The van der Waals surface area contributed by atoms with Gasteiger partial charge in [0.2, 0.25) is 0 Å². The summed E-state index contributed by atoms with van der Waals surface area (Å²) in [5.41, 5.74) is 9.97. The molecule has 0 fully saturated rings. The van der Waals surface area contributed by atoms with Crippen LogP contribution in [0.25, 0.3) is 152 Å². The topological polar surface area (TPSA) is 0 Å². The third kappa shape index (κ3) is 5.90. The van der Waals surface area contributed by atoms with Crippen LogP contribution in [0.2, 0.25) is 0 Å². The summed E-state index contributed by atoms with van der Waals surface area (Å²) >= 11 is 0. The van der Waals surface area contributed by atoms with Crippen LogP contribution in [0.15, 0.2) is 255 Å². The van der Waals surface area contributed by atoms with Crippen molar-refractivity contribution in [2.45, 2.75) is 0 Å². The van der Waals surface area contributed by atoms with E-state index in [0.717, 1.165) is 0 Å². The summed E-state index contributed by atoms with van der Waals surface area (Å²) in [5, 5.41) is 25.3. The highest BCUT2D eigenvalue weighted by Crippen LogP contribution is 2.47. The second-order valence-electron chi connectivity index (χ2n) is 19.1. The first kappa shape index (κ1) is 38.9. The zero-order chi connectivity index (χ0) is 45.9. The van der Waals surface area contributed by atoms with Gasteiger partial charge in [-0.2, -0.15) is 0 Å². The van der Waals surface area contributed by atoms with Gasteiger partial charge in [0.15, 0.2) is 0 Å². The zero-order valence-electron chi connectivity index (χ0n) is 38.2. The maximum absolute atomic E-state index is 2.40. The Kier molecular flexibility index (Phi) is 8.46. The second-order valence-corrected chi connectivity index (χ2v) is 19.1. The quantitative estimate of drug-likeness (QED) is 0.122. The van der Waals surface area contributed by atoms with Gasteiger partial charge in [-0.3, -0.25) is 0 Å². The molecule has 0 unspecified atom stereocenters. The van der Waals surface area contributed by atoms with E-state index in [-0.39, 0.29) is 0 Å². The molecule has 0 saturated carbocycles. The molecule has 322 valence electrons. The summed E-state index contributed by atoms with van der Waals surface area (Å²) in [7, 11) is 0. The van der Waals surface area contributed by atoms with Crippen molar-refractivity contribution in [1.82, 2.24) is 0 Å². The van der Waals surface area contributed by atoms with Crippen LogP contribution in [-0.4, -0.2) is 0 Å². The monoisotopic (exact) mass is 882 g/mol. The van der Waals surface area contributed by atoms with Gasteiger partial charge >= 0.3 is 0 Å². The summed E-state index contributed by atoms with van der Waals surface area (Å²) in [6.45, 7) is 0. The first-order valence-corrected chi connectivity index (χ1v) is 24.4. The van der Waals surface area contributed by atoms with Crippen molar-refractivity contribution in [1.29, 1.82) is 0 Å². The maximum Gasteiger partial charge on any atom is -0.00262 e. The molecule has 15 aromatic carbocycles. The van der Waals surface area contributed by atoms with E-state index in [1.807, 2.05) is 0 Å². The Hall–Kier alpha value is -9.10. The van der Waals surface area contributed by atoms with Crippen molar-refractivity contribution in [3.63, 3.8) is 0 Å². The molecule has 0 bridgehead atoms. The van der Waals surface area contributed by atoms with Gasteiger partial charge < -0.3 is 0 Å². The summed E-state index contributed by atoms with van der Waals surface area (Å²) < 4.78 is 0. The lowest BCUT2D eigenvalue weighted by atomic mass is 9.84. The molecule has 0 radical (unpaired) electrons. The molecule has 0 heterocycles. The van der Waals surface area contributed by atoms with Crippen molar-refractivity contribution in [3.05, 3.63) is 255 Å².